The maximum absolute atomic E-state index is 5.23. The van der Waals surface area contributed by atoms with Gasteiger partial charge in [0.25, 0.3) is 0 Å². The number of terminal acetylenes is 1. The van der Waals surface area contributed by atoms with Gasteiger partial charge in [-0.25, -0.2) is 0 Å². The Labute approximate surface area is 114 Å². The highest BCUT2D eigenvalue weighted by atomic mass is 16.5. The molecule has 2 rings (SSSR count). The molecular weight excluding hydrogens is 234 g/mol. The lowest BCUT2D eigenvalue weighted by atomic mass is 10.1. The Morgan fingerprint density at radius 2 is 1.95 bits per heavy atom. The van der Waals surface area contributed by atoms with Crippen molar-refractivity contribution in [3.8, 4) is 18.1 Å². The lowest BCUT2D eigenvalue weighted by Gasteiger charge is -2.07. The number of fused-ring (bicyclic) bond motifs is 1. The molecule has 0 aliphatic rings. The van der Waals surface area contributed by atoms with Crippen LogP contribution in [0, 0.1) is 12.3 Å². The first-order valence-electron chi connectivity index (χ1n) is 6.54. The van der Waals surface area contributed by atoms with Crippen molar-refractivity contribution in [3.05, 3.63) is 42.0 Å². The summed E-state index contributed by atoms with van der Waals surface area (Å²) in [7, 11) is 1.69. The minimum Gasteiger partial charge on any atom is -0.497 e. The van der Waals surface area contributed by atoms with Gasteiger partial charge in [0.1, 0.15) is 5.75 Å². The quantitative estimate of drug-likeness (QED) is 0.629. The fourth-order valence-corrected chi connectivity index (χ4v) is 2.06. The zero-order valence-corrected chi connectivity index (χ0v) is 11.3. The normalized spacial score (nSPS) is 10.3. The van der Waals surface area contributed by atoms with Crippen LogP contribution in [0.1, 0.15) is 18.4 Å². The van der Waals surface area contributed by atoms with Crippen LogP contribution in [0.4, 0.5) is 0 Å². The molecule has 0 saturated heterocycles. The lowest BCUT2D eigenvalue weighted by molar-refractivity contribution is 0.415. The largest absolute Gasteiger partial charge is 0.497 e. The van der Waals surface area contributed by atoms with E-state index in [1.54, 1.807) is 7.11 Å². The standard InChI is InChI=1S/C17H19NO/c1-3-4-5-10-18-13-14-6-7-16-12-17(19-2)9-8-15(16)11-14/h1,6-9,11-12,18H,4-5,10,13H2,2H3. The Kier molecular flexibility index (Phi) is 4.83. The van der Waals surface area contributed by atoms with Crippen LogP contribution in [0.3, 0.4) is 0 Å². The van der Waals surface area contributed by atoms with Crippen LogP contribution in [0.25, 0.3) is 10.8 Å². The van der Waals surface area contributed by atoms with E-state index >= 15 is 0 Å². The van der Waals surface area contributed by atoms with Crippen LogP contribution >= 0.6 is 0 Å². The summed E-state index contributed by atoms with van der Waals surface area (Å²) in [6, 6.07) is 12.6. The van der Waals surface area contributed by atoms with Gasteiger partial charge in [0.2, 0.25) is 0 Å². The molecule has 2 heteroatoms. The fourth-order valence-electron chi connectivity index (χ4n) is 2.06. The number of ether oxygens (including phenoxy) is 1. The molecule has 2 aromatic rings. The van der Waals surface area contributed by atoms with Crippen molar-refractivity contribution in [2.45, 2.75) is 19.4 Å². The second-order valence-corrected chi connectivity index (χ2v) is 4.53. The van der Waals surface area contributed by atoms with Gasteiger partial charge in [-0.15, -0.1) is 12.3 Å². The summed E-state index contributed by atoms with van der Waals surface area (Å²) in [6.45, 7) is 1.84. The number of hydrogen-bond donors (Lipinski definition) is 1. The number of rotatable bonds is 6. The van der Waals surface area contributed by atoms with Crippen LogP contribution in [0.15, 0.2) is 36.4 Å². The van der Waals surface area contributed by atoms with Gasteiger partial charge in [-0.1, -0.05) is 18.2 Å². The number of benzene rings is 2. The highest BCUT2D eigenvalue weighted by Crippen LogP contribution is 2.21. The molecule has 0 amide bonds. The molecule has 0 aromatic heterocycles. The van der Waals surface area contributed by atoms with Crippen molar-refractivity contribution >= 4 is 10.8 Å². The number of nitrogens with one attached hydrogen (secondary N) is 1. The summed E-state index contributed by atoms with van der Waals surface area (Å²) < 4.78 is 5.23. The van der Waals surface area contributed by atoms with Crippen LogP contribution in [0.2, 0.25) is 0 Å². The molecule has 19 heavy (non-hydrogen) atoms. The molecule has 2 nitrogen and oxygen atoms in total. The Morgan fingerprint density at radius 1 is 1.16 bits per heavy atom. The van der Waals surface area contributed by atoms with Crippen LogP contribution < -0.4 is 10.1 Å². The number of unbranched alkanes of at least 4 members (excludes halogenated alkanes) is 1. The third-order valence-electron chi connectivity index (χ3n) is 3.12. The van der Waals surface area contributed by atoms with E-state index < -0.39 is 0 Å². The molecule has 2 aromatic carbocycles. The van der Waals surface area contributed by atoms with E-state index in [2.05, 4.69) is 41.6 Å². The highest BCUT2D eigenvalue weighted by molar-refractivity contribution is 5.84. The smallest absolute Gasteiger partial charge is 0.119 e. The van der Waals surface area contributed by atoms with Gasteiger partial charge in [0.05, 0.1) is 7.11 Å². The van der Waals surface area contributed by atoms with Crippen molar-refractivity contribution in [1.82, 2.24) is 5.32 Å². The van der Waals surface area contributed by atoms with Crippen LogP contribution in [0.5, 0.6) is 5.75 Å². The zero-order valence-electron chi connectivity index (χ0n) is 11.3. The van der Waals surface area contributed by atoms with Crippen LogP contribution in [-0.2, 0) is 6.54 Å². The van der Waals surface area contributed by atoms with E-state index in [1.807, 2.05) is 6.07 Å². The monoisotopic (exact) mass is 253 g/mol. The van der Waals surface area contributed by atoms with Gasteiger partial charge in [-0.05, 0) is 47.5 Å². The first-order chi connectivity index (χ1) is 9.33. The average Bonchev–Trinajstić information content (AvgIpc) is 2.46. The molecule has 0 atom stereocenters. The van der Waals surface area contributed by atoms with Gasteiger partial charge < -0.3 is 10.1 Å². The average molecular weight is 253 g/mol. The Balaban J connectivity index is 1.99. The number of methoxy groups -OCH3 is 1. The summed E-state index contributed by atoms with van der Waals surface area (Å²) in [5.41, 5.74) is 1.29. The maximum Gasteiger partial charge on any atom is 0.119 e. The molecule has 98 valence electrons. The molecule has 0 bridgehead atoms. The molecule has 0 unspecified atom stereocenters. The SMILES string of the molecule is C#CCCCNCc1ccc2cc(OC)ccc2c1. The van der Waals surface area contributed by atoms with Gasteiger partial charge in [-0.3, -0.25) is 0 Å². The summed E-state index contributed by atoms with van der Waals surface area (Å²) >= 11 is 0. The Hall–Kier alpha value is -1.98. The minimum absolute atomic E-state index is 0.838. The van der Waals surface area contributed by atoms with Crippen molar-refractivity contribution in [2.24, 2.45) is 0 Å². The van der Waals surface area contributed by atoms with E-state index in [0.29, 0.717) is 0 Å². The summed E-state index contributed by atoms with van der Waals surface area (Å²) in [5.74, 6) is 3.55. The molecule has 0 fully saturated rings. The molecule has 0 saturated carbocycles. The van der Waals surface area contributed by atoms with Gasteiger partial charge in [0.15, 0.2) is 0 Å². The topological polar surface area (TPSA) is 21.3 Å². The van der Waals surface area contributed by atoms with Crippen molar-refractivity contribution in [3.63, 3.8) is 0 Å². The van der Waals surface area contributed by atoms with Gasteiger partial charge in [0, 0.05) is 13.0 Å². The molecule has 0 radical (unpaired) electrons. The fraction of sp³-hybridized carbons (Fsp3) is 0.294. The predicted molar refractivity (Wildman–Crippen MR) is 80.3 cm³/mol. The zero-order chi connectivity index (χ0) is 13.5. The van der Waals surface area contributed by atoms with Gasteiger partial charge >= 0.3 is 0 Å². The van der Waals surface area contributed by atoms with Crippen molar-refractivity contribution in [1.29, 1.82) is 0 Å². The van der Waals surface area contributed by atoms with E-state index in [1.165, 1.54) is 16.3 Å². The molecule has 0 spiro atoms. The molecule has 0 heterocycles. The Bertz CT molecular complexity index is 583. The van der Waals surface area contributed by atoms with Crippen molar-refractivity contribution in [2.75, 3.05) is 13.7 Å². The van der Waals surface area contributed by atoms with Crippen LogP contribution in [-0.4, -0.2) is 13.7 Å². The Morgan fingerprint density at radius 3 is 2.74 bits per heavy atom. The molecular formula is C17H19NO. The van der Waals surface area contributed by atoms with Gasteiger partial charge in [-0.2, -0.15) is 0 Å². The summed E-state index contributed by atoms with van der Waals surface area (Å²) in [4.78, 5) is 0. The second kappa shape index (κ2) is 6.82. The predicted octanol–water partition coefficient (Wildman–Crippen LogP) is 3.35. The van der Waals surface area contributed by atoms with E-state index in [-0.39, 0.29) is 0 Å². The van der Waals surface area contributed by atoms with E-state index in [4.69, 9.17) is 11.2 Å². The highest BCUT2D eigenvalue weighted by Gasteiger charge is 1.98. The first kappa shape index (κ1) is 13.5. The lowest BCUT2D eigenvalue weighted by Crippen LogP contribution is -2.14. The summed E-state index contributed by atoms with van der Waals surface area (Å²) in [5, 5.41) is 5.85. The van der Waals surface area contributed by atoms with E-state index in [9.17, 15) is 0 Å². The third kappa shape index (κ3) is 3.74. The number of hydrogen-bond acceptors (Lipinski definition) is 2. The minimum atomic E-state index is 0.838. The molecule has 0 aliphatic heterocycles. The molecule has 0 aliphatic carbocycles. The first-order valence-corrected chi connectivity index (χ1v) is 6.54. The van der Waals surface area contributed by atoms with Crippen molar-refractivity contribution < 1.29 is 4.74 Å². The molecule has 1 N–H and O–H groups in total. The van der Waals surface area contributed by atoms with E-state index in [0.717, 1.165) is 31.7 Å². The summed E-state index contributed by atoms with van der Waals surface area (Å²) in [6.07, 6.45) is 7.09. The maximum atomic E-state index is 5.23. The second-order valence-electron chi connectivity index (χ2n) is 4.53. The third-order valence-corrected chi connectivity index (χ3v) is 3.12.